The molecule has 2 rings (SSSR count). The smallest absolute Gasteiger partial charge is 0.257 e. The molecule has 0 bridgehead atoms. The Morgan fingerprint density at radius 3 is 2.71 bits per heavy atom. The zero-order chi connectivity index (χ0) is 15.2. The maximum absolute atomic E-state index is 12.3. The predicted octanol–water partition coefficient (Wildman–Crippen LogP) is 3.98. The first-order valence-electron chi connectivity index (χ1n) is 6.94. The lowest BCUT2D eigenvalue weighted by Gasteiger charge is -2.10. The van der Waals surface area contributed by atoms with E-state index in [1.807, 2.05) is 31.2 Å². The third kappa shape index (κ3) is 3.73. The minimum atomic E-state index is -0.214. The van der Waals surface area contributed by atoms with Crippen molar-refractivity contribution >= 4 is 29.0 Å². The molecule has 0 saturated carbocycles. The number of nitrogens with zero attached hydrogens (tertiary/aromatic N) is 1. The van der Waals surface area contributed by atoms with Crippen molar-refractivity contribution in [2.45, 2.75) is 20.3 Å². The van der Waals surface area contributed by atoms with Gasteiger partial charge in [0.1, 0.15) is 5.82 Å². The Balaban J connectivity index is 2.19. The zero-order valence-corrected chi connectivity index (χ0v) is 12.9. The molecule has 0 fully saturated rings. The van der Waals surface area contributed by atoms with Crippen LogP contribution in [0.5, 0.6) is 0 Å². The van der Waals surface area contributed by atoms with Gasteiger partial charge in [0, 0.05) is 18.4 Å². The highest BCUT2D eigenvalue weighted by Gasteiger charge is 2.11. The lowest BCUT2D eigenvalue weighted by molar-refractivity contribution is 0.102. The number of pyridine rings is 1. The Hall–Kier alpha value is -2.07. The number of carbonyl (C=O) groups is 1. The maximum atomic E-state index is 12.3. The molecule has 1 heterocycles. The topological polar surface area (TPSA) is 54.0 Å². The lowest BCUT2D eigenvalue weighted by Crippen LogP contribution is -2.14. The van der Waals surface area contributed by atoms with Crippen molar-refractivity contribution in [3.63, 3.8) is 0 Å². The minimum absolute atomic E-state index is 0.214. The number of aromatic nitrogens is 1. The van der Waals surface area contributed by atoms with Gasteiger partial charge in [-0.05, 0) is 31.0 Å². The predicted molar refractivity (Wildman–Crippen MR) is 87.2 cm³/mol. The molecule has 0 atom stereocenters. The molecule has 0 unspecified atom stereocenters. The lowest BCUT2D eigenvalue weighted by atomic mass is 10.1. The SMILES string of the molecule is CCNc1ncc(C(=O)Nc2ccccc2CC)cc1Cl. The molecule has 0 aliphatic carbocycles. The molecule has 1 aromatic heterocycles. The standard InChI is InChI=1S/C16H18ClN3O/c1-3-11-7-5-6-8-14(11)20-16(21)12-9-13(17)15(18-4-2)19-10-12/h5-10H,3-4H2,1-2H3,(H,18,19)(H,20,21). The summed E-state index contributed by atoms with van der Waals surface area (Å²) in [5.41, 5.74) is 2.35. The van der Waals surface area contributed by atoms with E-state index in [4.69, 9.17) is 11.6 Å². The van der Waals surface area contributed by atoms with Crippen molar-refractivity contribution < 1.29 is 4.79 Å². The second-order valence-corrected chi connectivity index (χ2v) is 4.96. The molecule has 0 radical (unpaired) electrons. The van der Waals surface area contributed by atoms with Crippen LogP contribution < -0.4 is 10.6 Å². The second-order valence-electron chi connectivity index (χ2n) is 4.55. The number of amides is 1. The number of benzene rings is 1. The van der Waals surface area contributed by atoms with E-state index >= 15 is 0 Å². The number of rotatable bonds is 5. The third-order valence-electron chi connectivity index (χ3n) is 3.09. The molecule has 0 aliphatic heterocycles. The molecule has 21 heavy (non-hydrogen) atoms. The van der Waals surface area contributed by atoms with Gasteiger partial charge in [-0.3, -0.25) is 4.79 Å². The van der Waals surface area contributed by atoms with Crippen molar-refractivity contribution in [2.75, 3.05) is 17.2 Å². The largest absolute Gasteiger partial charge is 0.369 e. The summed E-state index contributed by atoms with van der Waals surface area (Å²) in [4.78, 5) is 16.4. The van der Waals surface area contributed by atoms with Crippen LogP contribution in [0.2, 0.25) is 5.02 Å². The normalized spacial score (nSPS) is 10.2. The highest BCUT2D eigenvalue weighted by molar-refractivity contribution is 6.33. The highest BCUT2D eigenvalue weighted by atomic mass is 35.5. The molecular weight excluding hydrogens is 286 g/mol. The molecule has 1 aromatic carbocycles. The Morgan fingerprint density at radius 2 is 2.05 bits per heavy atom. The van der Waals surface area contributed by atoms with E-state index in [1.165, 1.54) is 6.20 Å². The summed E-state index contributed by atoms with van der Waals surface area (Å²) >= 11 is 6.11. The van der Waals surface area contributed by atoms with Crippen LogP contribution in [0.3, 0.4) is 0 Å². The summed E-state index contributed by atoms with van der Waals surface area (Å²) in [6.07, 6.45) is 2.38. The summed E-state index contributed by atoms with van der Waals surface area (Å²) in [5.74, 6) is 0.373. The van der Waals surface area contributed by atoms with E-state index in [0.29, 0.717) is 16.4 Å². The molecule has 4 nitrogen and oxygen atoms in total. The van der Waals surface area contributed by atoms with Crippen LogP contribution in [0.15, 0.2) is 36.5 Å². The minimum Gasteiger partial charge on any atom is -0.369 e. The summed E-state index contributed by atoms with van der Waals surface area (Å²) in [6, 6.07) is 9.36. The quantitative estimate of drug-likeness (QED) is 0.878. The molecule has 110 valence electrons. The highest BCUT2D eigenvalue weighted by Crippen LogP contribution is 2.21. The van der Waals surface area contributed by atoms with E-state index < -0.39 is 0 Å². The Morgan fingerprint density at radius 1 is 1.29 bits per heavy atom. The van der Waals surface area contributed by atoms with Gasteiger partial charge in [-0.1, -0.05) is 36.7 Å². The molecule has 0 aliphatic rings. The number of anilines is 2. The Kier molecular flexibility index (Phi) is 5.17. The van der Waals surface area contributed by atoms with Crippen LogP contribution in [0.1, 0.15) is 29.8 Å². The van der Waals surface area contributed by atoms with Gasteiger partial charge in [0.2, 0.25) is 0 Å². The first-order chi connectivity index (χ1) is 10.2. The van der Waals surface area contributed by atoms with Crippen LogP contribution in [-0.2, 0) is 6.42 Å². The van der Waals surface area contributed by atoms with Crippen LogP contribution in [0, 0.1) is 0 Å². The van der Waals surface area contributed by atoms with E-state index in [0.717, 1.165) is 24.2 Å². The summed E-state index contributed by atoms with van der Waals surface area (Å²) in [7, 11) is 0. The van der Waals surface area contributed by atoms with Gasteiger partial charge in [0.05, 0.1) is 10.6 Å². The van der Waals surface area contributed by atoms with Crippen molar-refractivity contribution in [3.8, 4) is 0 Å². The first kappa shape index (κ1) is 15.3. The summed E-state index contributed by atoms with van der Waals surface area (Å²) in [6.45, 7) is 4.73. The zero-order valence-electron chi connectivity index (χ0n) is 12.1. The average molecular weight is 304 g/mol. The summed E-state index contributed by atoms with van der Waals surface area (Å²) in [5, 5.41) is 6.37. The maximum Gasteiger partial charge on any atom is 0.257 e. The second kappa shape index (κ2) is 7.09. The van der Waals surface area contributed by atoms with Crippen LogP contribution >= 0.6 is 11.6 Å². The van der Waals surface area contributed by atoms with Crippen molar-refractivity contribution in [2.24, 2.45) is 0 Å². The van der Waals surface area contributed by atoms with E-state index in [2.05, 4.69) is 22.5 Å². The molecule has 0 spiro atoms. The summed E-state index contributed by atoms with van der Waals surface area (Å²) < 4.78 is 0. The van der Waals surface area contributed by atoms with Gasteiger partial charge in [-0.25, -0.2) is 4.98 Å². The van der Waals surface area contributed by atoms with Crippen molar-refractivity contribution in [3.05, 3.63) is 52.7 Å². The third-order valence-corrected chi connectivity index (χ3v) is 3.38. The van der Waals surface area contributed by atoms with E-state index in [1.54, 1.807) is 6.07 Å². The van der Waals surface area contributed by atoms with Gasteiger partial charge in [-0.15, -0.1) is 0 Å². The number of nitrogens with one attached hydrogen (secondary N) is 2. The fourth-order valence-corrected chi connectivity index (χ4v) is 2.24. The van der Waals surface area contributed by atoms with Crippen LogP contribution in [0.4, 0.5) is 11.5 Å². The molecular formula is C16H18ClN3O. The van der Waals surface area contributed by atoms with Gasteiger partial charge >= 0.3 is 0 Å². The Labute approximate surface area is 129 Å². The van der Waals surface area contributed by atoms with E-state index in [-0.39, 0.29) is 5.91 Å². The molecule has 5 heteroatoms. The molecule has 0 saturated heterocycles. The molecule has 1 amide bonds. The van der Waals surface area contributed by atoms with Crippen LogP contribution in [0.25, 0.3) is 0 Å². The first-order valence-corrected chi connectivity index (χ1v) is 7.32. The average Bonchev–Trinajstić information content (AvgIpc) is 2.50. The number of hydrogen-bond acceptors (Lipinski definition) is 3. The number of hydrogen-bond donors (Lipinski definition) is 2. The van der Waals surface area contributed by atoms with Gasteiger partial charge in [0.25, 0.3) is 5.91 Å². The van der Waals surface area contributed by atoms with Crippen molar-refractivity contribution in [1.82, 2.24) is 4.98 Å². The van der Waals surface area contributed by atoms with Gasteiger partial charge in [0.15, 0.2) is 0 Å². The number of halogens is 1. The fourth-order valence-electron chi connectivity index (χ4n) is 2.00. The van der Waals surface area contributed by atoms with E-state index in [9.17, 15) is 4.79 Å². The molecule has 2 aromatic rings. The van der Waals surface area contributed by atoms with Crippen molar-refractivity contribution in [1.29, 1.82) is 0 Å². The number of aryl methyl sites for hydroxylation is 1. The Bertz CT molecular complexity index is 643. The number of para-hydroxylation sites is 1. The molecule has 2 N–H and O–H groups in total. The monoisotopic (exact) mass is 303 g/mol. The van der Waals surface area contributed by atoms with Gasteiger partial charge in [-0.2, -0.15) is 0 Å². The number of carbonyl (C=O) groups excluding carboxylic acids is 1. The van der Waals surface area contributed by atoms with Crippen LogP contribution in [-0.4, -0.2) is 17.4 Å². The van der Waals surface area contributed by atoms with Gasteiger partial charge < -0.3 is 10.6 Å². The fraction of sp³-hybridized carbons (Fsp3) is 0.250.